The molecule has 1 atom stereocenters. The highest BCUT2D eigenvalue weighted by atomic mass is 19.2. The Bertz CT molecular complexity index is 1180. The molecule has 0 aromatic heterocycles. The van der Waals surface area contributed by atoms with Gasteiger partial charge in [0.1, 0.15) is 18.5 Å². The van der Waals surface area contributed by atoms with Crippen LogP contribution < -0.4 is 20.7 Å². The fraction of sp³-hybridized carbons (Fsp3) is 0.190. The molecule has 2 aromatic rings. The molecule has 0 radical (unpaired) electrons. The summed E-state index contributed by atoms with van der Waals surface area (Å²) in [5.74, 6) is -16.7. The van der Waals surface area contributed by atoms with Crippen molar-refractivity contribution in [2.45, 2.75) is 12.5 Å². The SMILES string of the molecule is O=C(O)CC(NC(=O)CNC(=O)C(=O)Nc1ccccc1F)C(=O)COc1c(F)c(F)cc(F)c1F. The van der Waals surface area contributed by atoms with Gasteiger partial charge in [-0.25, -0.2) is 13.2 Å². The number of ether oxygens (including phenoxy) is 1. The van der Waals surface area contributed by atoms with Crippen molar-refractivity contribution in [1.82, 2.24) is 10.6 Å². The molecule has 36 heavy (non-hydrogen) atoms. The van der Waals surface area contributed by atoms with Gasteiger partial charge in [-0.15, -0.1) is 0 Å². The molecule has 0 bridgehead atoms. The van der Waals surface area contributed by atoms with E-state index in [4.69, 9.17) is 5.11 Å². The highest BCUT2D eigenvalue weighted by Crippen LogP contribution is 2.26. The maximum Gasteiger partial charge on any atom is 0.313 e. The van der Waals surface area contributed by atoms with Gasteiger partial charge in [0.2, 0.25) is 17.5 Å². The normalized spacial score (nSPS) is 11.2. The lowest BCUT2D eigenvalue weighted by Gasteiger charge is -2.17. The van der Waals surface area contributed by atoms with Crippen LogP contribution in [0.15, 0.2) is 30.3 Å². The number of para-hydroxylation sites is 1. The van der Waals surface area contributed by atoms with Gasteiger partial charge >= 0.3 is 17.8 Å². The van der Waals surface area contributed by atoms with Gasteiger partial charge in [0.25, 0.3) is 0 Å². The van der Waals surface area contributed by atoms with E-state index in [1.54, 1.807) is 0 Å². The summed E-state index contributed by atoms with van der Waals surface area (Å²) in [6.45, 7) is -2.24. The molecule has 15 heteroatoms. The van der Waals surface area contributed by atoms with Gasteiger partial charge in [-0.1, -0.05) is 12.1 Å². The average Bonchev–Trinajstić information content (AvgIpc) is 2.81. The fourth-order valence-corrected chi connectivity index (χ4v) is 2.57. The lowest BCUT2D eigenvalue weighted by atomic mass is 10.1. The number of ketones is 1. The van der Waals surface area contributed by atoms with Crippen LogP contribution >= 0.6 is 0 Å². The summed E-state index contributed by atoms with van der Waals surface area (Å²) >= 11 is 0. The van der Waals surface area contributed by atoms with Crippen molar-refractivity contribution in [3.05, 3.63) is 59.4 Å². The number of hydrogen-bond donors (Lipinski definition) is 4. The van der Waals surface area contributed by atoms with Crippen molar-refractivity contribution < 1.29 is 55.8 Å². The number of carbonyl (C=O) groups is 5. The topological polar surface area (TPSA) is 151 Å². The second kappa shape index (κ2) is 12.2. The molecule has 0 fully saturated rings. The van der Waals surface area contributed by atoms with Gasteiger partial charge in [-0.3, -0.25) is 24.0 Å². The van der Waals surface area contributed by atoms with Crippen molar-refractivity contribution in [3.63, 3.8) is 0 Å². The molecule has 3 amide bonds. The van der Waals surface area contributed by atoms with Crippen LogP contribution in [0.5, 0.6) is 5.75 Å². The molecule has 10 nitrogen and oxygen atoms in total. The largest absolute Gasteiger partial charge is 0.481 e. The van der Waals surface area contributed by atoms with E-state index in [-0.39, 0.29) is 11.8 Å². The molecular formula is C21H16F5N3O7. The number of aliphatic carboxylic acids is 1. The predicted molar refractivity (Wildman–Crippen MR) is 109 cm³/mol. The Kier molecular flexibility index (Phi) is 9.41. The van der Waals surface area contributed by atoms with Crippen molar-refractivity contribution in [2.24, 2.45) is 0 Å². The standard InChI is InChI=1S/C21H16F5N3O7/c22-9-3-1-2-4-12(9)29-21(35)20(34)27-7-15(31)28-13(6-16(32)33)14(30)8-36-19-17(25)10(23)5-11(24)18(19)26/h1-5,13H,6-8H2,(H,27,34)(H,28,31)(H,29,35)(H,32,33). The lowest BCUT2D eigenvalue weighted by molar-refractivity contribution is -0.140. The zero-order chi connectivity index (χ0) is 27.0. The molecule has 2 aromatic carbocycles. The first-order valence-electron chi connectivity index (χ1n) is 9.74. The molecule has 0 spiro atoms. The van der Waals surface area contributed by atoms with Crippen LogP contribution in [-0.4, -0.2) is 53.8 Å². The van der Waals surface area contributed by atoms with E-state index in [2.05, 4.69) is 4.74 Å². The summed E-state index contributed by atoms with van der Waals surface area (Å²) in [7, 11) is 0. The monoisotopic (exact) mass is 517 g/mol. The minimum absolute atomic E-state index is 0.0995. The number of nitrogens with one attached hydrogen (secondary N) is 3. The number of carbonyl (C=O) groups excluding carboxylic acids is 4. The highest BCUT2D eigenvalue weighted by Gasteiger charge is 2.27. The predicted octanol–water partition coefficient (Wildman–Crippen LogP) is 1.04. The molecular weight excluding hydrogens is 501 g/mol. The first kappa shape index (κ1) is 27.7. The third-order valence-electron chi connectivity index (χ3n) is 4.27. The number of amides is 3. The molecule has 2 rings (SSSR count). The van der Waals surface area contributed by atoms with Gasteiger partial charge in [0, 0.05) is 6.07 Å². The Morgan fingerprint density at radius 2 is 1.50 bits per heavy atom. The lowest BCUT2D eigenvalue weighted by Crippen LogP contribution is -2.49. The Balaban J connectivity index is 1.96. The zero-order valence-electron chi connectivity index (χ0n) is 17.9. The van der Waals surface area contributed by atoms with Crippen molar-refractivity contribution >= 4 is 35.2 Å². The van der Waals surface area contributed by atoms with Crippen LogP contribution in [0.1, 0.15) is 6.42 Å². The molecule has 4 N–H and O–H groups in total. The molecule has 0 heterocycles. The molecule has 0 aliphatic rings. The highest BCUT2D eigenvalue weighted by molar-refractivity contribution is 6.39. The van der Waals surface area contributed by atoms with Crippen LogP contribution in [0.2, 0.25) is 0 Å². The first-order valence-corrected chi connectivity index (χ1v) is 9.74. The number of anilines is 1. The molecule has 0 saturated heterocycles. The van der Waals surface area contributed by atoms with Gasteiger partial charge < -0.3 is 25.8 Å². The average molecular weight is 517 g/mol. The Hall–Kier alpha value is -4.56. The minimum atomic E-state index is -1.95. The van der Waals surface area contributed by atoms with Crippen LogP contribution in [0, 0.1) is 29.1 Å². The minimum Gasteiger partial charge on any atom is -0.481 e. The Morgan fingerprint density at radius 3 is 2.08 bits per heavy atom. The van der Waals surface area contributed by atoms with E-state index in [0.29, 0.717) is 0 Å². The summed E-state index contributed by atoms with van der Waals surface area (Å²) in [4.78, 5) is 58.9. The van der Waals surface area contributed by atoms with Gasteiger partial charge in [-0.05, 0) is 12.1 Å². The summed E-state index contributed by atoms with van der Waals surface area (Å²) in [6.07, 6.45) is -1.04. The fourth-order valence-electron chi connectivity index (χ4n) is 2.57. The molecule has 192 valence electrons. The summed E-state index contributed by atoms with van der Waals surface area (Å²) in [6, 6.07) is 2.92. The molecule has 0 saturated carbocycles. The van der Waals surface area contributed by atoms with Gasteiger partial charge in [-0.2, -0.15) is 8.78 Å². The number of rotatable bonds is 10. The molecule has 0 aliphatic heterocycles. The molecule has 1 unspecified atom stereocenters. The Morgan fingerprint density at radius 1 is 0.889 bits per heavy atom. The second-order valence-corrected chi connectivity index (χ2v) is 6.89. The molecule has 0 aliphatic carbocycles. The van der Waals surface area contributed by atoms with Crippen LogP contribution in [0.3, 0.4) is 0 Å². The third-order valence-corrected chi connectivity index (χ3v) is 4.27. The summed E-state index contributed by atoms with van der Waals surface area (Å²) in [5, 5.41) is 14.6. The summed E-state index contributed by atoms with van der Waals surface area (Å²) < 4.78 is 71.7. The number of Topliss-reactive ketones (excluding diaryl/α,β-unsaturated/α-hetero) is 1. The Labute approximate surface area is 198 Å². The summed E-state index contributed by atoms with van der Waals surface area (Å²) in [5.41, 5.74) is -0.319. The maximum absolute atomic E-state index is 13.6. The van der Waals surface area contributed by atoms with Gasteiger partial charge in [0.05, 0.1) is 18.7 Å². The first-order chi connectivity index (χ1) is 16.9. The van der Waals surface area contributed by atoms with E-state index in [0.717, 1.165) is 12.1 Å². The zero-order valence-corrected chi connectivity index (χ0v) is 17.9. The number of carboxylic acids is 1. The van der Waals surface area contributed by atoms with Crippen LogP contribution in [0.4, 0.5) is 27.6 Å². The van der Waals surface area contributed by atoms with E-state index < -0.39 is 89.9 Å². The van der Waals surface area contributed by atoms with Crippen molar-refractivity contribution in [3.8, 4) is 5.75 Å². The van der Waals surface area contributed by atoms with Crippen LogP contribution in [0.25, 0.3) is 0 Å². The number of benzene rings is 2. The van der Waals surface area contributed by atoms with Crippen molar-refractivity contribution in [1.29, 1.82) is 0 Å². The number of halogens is 5. The van der Waals surface area contributed by atoms with E-state index in [1.807, 2.05) is 16.0 Å². The smallest absolute Gasteiger partial charge is 0.313 e. The number of hydrogen-bond acceptors (Lipinski definition) is 6. The van der Waals surface area contributed by atoms with E-state index >= 15 is 0 Å². The maximum atomic E-state index is 13.6. The third kappa shape index (κ3) is 7.48. The second-order valence-electron chi connectivity index (χ2n) is 6.89. The van der Waals surface area contributed by atoms with Crippen molar-refractivity contribution in [2.75, 3.05) is 18.5 Å². The number of carboxylic acid groups (broad SMARTS) is 1. The van der Waals surface area contributed by atoms with Crippen LogP contribution in [-0.2, 0) is 24.0 Å². The van der Waals surface area contributed by atoms with E-state index in [1.165, 1.54) is 12.1 Å². The quantitative estimate of drug-likeness (QED) is 0.209. The van der Waals surface area contributed by atoms with Gasteiger partial charge in [0.15, 0.2) is 23.2 Å². The van der Waals surface area contributed by atoms with E-state index in [9.17, 15) is 45.9 Å².